The van der Waals surface area contributed by atoms with Gasteiger partial charge < -0.3 is 4.74 Å². The molecular weight excluding hydrogens is 368 g/mol. The highest BCUT2D eigenvalue weighted by molar-refractivity contribution is 6.09. The summed E-state index contributed by atoms with van der Waals surface area (Å²) in [4.78, 5) is 4.73. The fourth-order valence-corrected chi connectivity index (χ4v) is 3.84. The average Bonchev–Trinajstić information content (AvgIpc) is 3.07. The molecule has 0 aliphatic rings. The molecule has 0 amide bonds. The third kappa shape index (κ3) is 3.22. The van der Waals surface area contributed by atoms with Gasteiger partial charge in [0.25, 0.3) is 0 Å². The van der Waals surface area contributed by atoms with Crippen LogP contribution in [-0.2, 0) is 5.41 Å². The van der Waals surface area contributed by atoms with Gasteiger partial charge in [-0.25, -0.2) is 4.98 Å². The zero-order valence-corrected chi connectivity index (χ0v) is 17.4. The van der Waals surface area contributed by atoms with Crippen LogP contribution in [0, 0.1) is 6.07 Å². The van der Waals surface area contributed by atoms with E-state index in [1.807, 2.05) is 36.5 Å². The maximum Gasteiger partial charge on any atom is 0.137 e. The molecule has 5 aromatic rings. The van der Waals surface area contributed by atoms with Gasteiger partial charge in [0.1, 0.15) is 17.3 Å². The minimum absolute atomic E-state index is 0.0501. The van der Waals surface area contributed by atoms with E-state index in [0.29, 0.717) is 0 Å². The van der Waals surface area contributed by atoms with Gasteiger partial charge in [-0.15, -0.1) is 0 Å². The molecule has 0 aliphatic heterocycles. The molecule has 2 heterocycles. The molecule has 1 radical (unpaired) electrons. The van der Waals surface area contributed by atoms with Crippen molar-refractivity contribution in [3.8, 4) is 17.3 Å². The highest BCUT2D eigenvalue weighted by Gasteiger charge is 2.18. The van der Waals surface area contributed by atoms with E-state index in [1.54, 1.807) is 0 Å². The van der Waals surface area contributed by atoms with Crippen molar-refractivity contribution in [2.24, 2.45) is 0 Å². The molecule has 0 aliphatic carbocycles. The molecule has 0 atom stereocenters. The summed E-state index contributed by atoms with van der Waals surface area (Å²) in [5.41, 5.74) is 3.52. The van der Waals surface area contributed by atoms with Crippen molar-refractivity contribution in [2.75, 3.05) is 0 Å². The van der Waals surface area contributed by atoms with Gasteiger partial charge >= 0.3 is 0 Å². The number of aromatic nitrogens is 2. The van der Waals surface area contributed by atoms with Gasteiger partial charge in [-0.3, -0.25) is 4.57 Å². The standard InChI is InChI=1S/C27H23N2O/c1-27(2,3)19-15-16-28-26(17-19)29-24-12-8-7-11-22(24)23-14-13-21(18-25(23)29)30-20-9-5-4-6-10-20/h4-5,7-18H,1-3H3. The van der Waals surface area contributed by atoms with Crippen LogP contribution in [0.3, 0.4) is 0 Å². The van der Waals surface area contributed by atoms with Gasteiger partial charge in [0, 0.05) is 23.0 Å². The molecule has 0 saturated carbocycles. The summed E-state index contributed by atoms with van der Waals surface area (Å²) in [5, 5.41) is 2.38. The molecule has 0 unspecified atom stereocenters. The van der Waals surface area contributed by atoms with Crippen molar-refractivity contribution in [2.45, 2.75) is 26.2 Å². The van der Waals surface area contributed by atoms with Gasteiger partial charge in [-0.1, -0.05) is 51.1 Å². The lowest BCUT2D eigenvalue weighted by Crippen LogP contribution is -2.12. The van der Waals surface area contributed by atoms with Crippen LogP contribution in [0.15, 0.2) is 85.1 Å². The normalized spacial score (nSPS) is 11.8. The molecule has 0 spiro atoms. The van der Waals surface area contributed by atoms with E-state index in [4.69, 9.17) is 9.72 Å². The number of hydrogen-bond donors (Lipinski definition) is 0. The fourth-order valence-electron chi connectivity index (χ4n) is 3.84. The molecule has 3 heteroatoms. The Hall–Kier alpha value is -3.59. The van der Waals surface area contributed by atoms with Crippen LogP contribution in [0.4, 0.5) is 0 Å². The minimum Gasteiger partial charge on any atom is -0.457 e. The Morgan fingerprint density at radius 1 is 0.833 bits per heavy atom. The van der Waals surface area contributed by atoms with Crippen LogP contribution in [0.25, 0.3) is 27.6 Å². The average molecular weight is 391 g/mol. The fraction of sp³-hybridized carbons (Fsp3) is 0.148. The minimum atomic E-state index is 0.0501. The van der Waals surface area contributed by atoms with Gasteiger partial charge in [0.05, 0.1) is 11.0 Å². The lowest BCUT2D eigenvalue weighted by Gasteiger charge is -2.20. The summed E-state index contributed by atoms with van der Waals surface area (Å²) in [5.74, 6) is 2.48. The van der Waals surface area contributed by atoms with E-state index in [9.17, 15) is 0 Å². The van der Waals surface area contributed by atoms with Crippen molar-refractivity contribution in [1.82, 2.24) is 9.55 Å². The summed E-state index contributed by atoms with van der Waals surface area (Å²) in [6.07, 6.45) is 1.90. The number of hydrogen-bond acceptors (Lipinski definition) is 2. The van der Waals surface area contributed by atoms with Crippen LogP contribution >= 0.6 is 0 Å². The number of rotatable bonds is 3. The zero-order chi connectivity index (χ0) is 20.7. The van der Waals surface area contributed by atoms with Crippen LogP contribution in [0.2, 0.25) is 0 Å². The number of pyridine rings is 1. The summed E-state index contributed by atoms with van der Waals surface area (Å²) in [7, 11) is 0. The lowest BCUT2D eigenvalue weighted by atomic mass is 9.88. The molecule has 5 rings (SSSR count). The second-order valence-electron chi connectivity index (χ2n) is 8.53. The van der Waals surface area contributed by atoms with Gasteiger partial charge in [0.2, 0.25) is 0 Å². The van der Waals surface area contributed by atoms with Crippen molar-refractivity contribution >= 4 is 21.8 Å². The smallest absolute Gasteiger partial charge is 0.137 e. The first kappa shape index (κ1) is 18.4. The highest BCUT2D eigenvalue weighted by atomic mass is 16.5. The topological polar surface area (TPSA) is 27.1 Å². The summed E-state index contributed by atoms with van der Waals surface area (Å²) >= 11 is 0. The maximum atomic E-state index is 6.09. The number of fused-ring (bicyclic) bond motifs is 3. The Morgan fingerprint density at radius 2 is 1.67 bits per heavy atom. The predicted molar refractivity (Wildman–Crippen MR) is 123 cm³/mol. The number of ether oxygens (including phenoxy) is 1. The first-order valence-electron chi connectivity index (χ1n) is 10.1. The van der Waals surface area contributed by atoms with Crippen molar-refractivity contribution in [3.05, 3.63) is 96.7 Å². The Labute approximate surface area is 176 Å². The molecule has 0 saturated heterocycles. The monoisotopic (exact) mass is 391 g/mol. The number of para-hydroxylation sites is 1. The van der Waals surface area contributed by atoms with Gasteiger partial charge in [0.15, 0.2) is 0 Å². The van der Waals surface area contributed by atoms with Crippen LogP contribution in [0.1, 0.15) is 26.3 Å². The molecule has 3 nitrogen and oxygen atoms in total. The summed E-state index contributed by atoms with van der Waals surface area (Å²) in [6, 6.07) is 29.6. The third-order valence-electron chi connectivity index (χ3n) is 5.40. The quantitative estimate of drug-likeness (QED) is 0.329. The Morgan fingerprint density at radius 3 is 2.47 bits per heavy atom. The van der Waals surface area contributed by atoms with Crippen LogP contribution in [0.5, 0.6) is 11.5 Å². The second-order valence-corrected chi connectivity index (χ2v) is 8.53. The van der Waals surface area contributed by atoms with Crippen LogP contribution < -0.4 is 4.74 Å². The lowest BCUT2D eigenvalue weighted by molar-refractivity contribution is 0.483. The molecule has 0 bridgehead atoms. The van der Waals surface area contributed by atoms with E-state index in [2.05, 4.69) is 79.9 Å². The molecule has 3 aromatic carbocycles. The van der Waals surface area contributed by atoms with Crippen LogP contribution in [-0.4, -0.2) is 9.55 Å². The van der Waals surface area contributed by atoms with E-state index in [1.165, 1.54) is 16.3 Å². The Bertz CT molecular complexity index is 1340. The largest absolute Gasteiger partial charge is 0.457 e. The van der Waals surface area contributed by atoms with Crippen molar-refractivity contribution in [3.63, 3.8) is 0 Å². The Balaban J connectivity index is 1.74. The molecular formula is C27H23N2O. The number of benzene rings is 3. The molecule has 147 valence electrons. The van der Waals surface area contributed by atoms with E-state index >= 15 is 0 Å². The molecule has 2 aromatic heterocycles. The van der Waals surface area contributed by atoms with Gasteiger partial charge in [-0.05, 0) is 59.5 Å². The molecule has 0 N–H and O–H groups in total. The van der Waals surface area contributed by atoms with Crippen molar-refractivity contribution in [1.29, 1.82) is 0 Å². The first-order valence-corrected chi connectivity index (χ1v) is 10.1. The SMILES string of the molecule is CC(C)(C)c1ccnc(-n2c3ccccc3c3ccc(Oc4c[c]ccc4)cc32)c1. The van der Waals surface area contributed by atoms with Gasteiger partial charge in [-0.2, -0.15) is 0 Å². The van der Waals surface area contributed by atoms with E-state index in [0.717, 1.165) is 28.4 Å². The maximum absolute atomic E-state index is 6.09. The third-order valence-corrected chi connectivity index (χ3v) is 5.40. The molecule has 0 fully saturated rings. The van der Waals surface area contributed by atoms with E-state index < -0.39 is 0 Å². The zero-order valence-electron chi connectivity index (χ0n) is 17.4. The van der Waals surface area contributed by atoms with E-state index in [-0.39, 0.29) is 5.41 Å². The first-order chi connectivity index (χ1) is 14.5. The number of nitrogens with zero attached hydrogens (tertiary/aromatic N) is 2. The van der Waals surface area contributed by atoms with Crippen molar-refractivity contribution < 1.29 is 4.74 Å². The summed E-state index contributed by atoms with van der Waals surface area (Å²) in [6.45, 7) is 6.67. The second kappa shape index (κ2) is 7.03. The Kier molecular flexibility index (Phi) is 4.32. The highest BCUT2D eigenvalue weighted by Crippen LogP contribution is 2.35. The predicted octanol–water partition coefficient (Wildman–Crippen LogP) is 7.07. The summed E-state index contributed by atoms with van der Waals surface area (Å²) < 4.78 is 8.31. The molecule has 30 heavy (non-hydrogen) atoms.